The zero-order valence-electron chi connectivity index (χ0n) is 12.4. The number of carbonyl (C=O) groups excluding carboxylic acids is 1. The average molecular weight is 387 g/mol. The van der Waals surface area contributed by atoms with Crippen molar-refractivity contribution in [2.45, 2.75) is 37.4 Å². The minimum absolute atomic E-state index is 0.415. The van der Waals surface area contributed by atoms with Gasteiger partial charge in [-0.25, -0.2) is 13.1 Å². The van der Waals surface area contributed by atoms with E-state index in [1.165, 1.54) is 0 Å². The monoisotopic (exact) mass is 386 g/mol. The molecule has 22 heavy (non-hydrogen) atoms. The van der Waals surface area contributed by atoms with Gasteiger partial charge in [-0.15, -0.1) is 0 Å². The predicted octanol–water partition coefficient (Wildman–Crippen LogP) is 2.66. The molecule has 3 rings (SSSR count). The van der Waals surface area contributed by atoms with Crippen molar-refractivity contribution in [3.05, 3.63) is 28.2 Å². The summed E-state index contributed by atoms with van der Waals surface area (Å²) >= 11 is 3.42. The molecule has 0 unspecified atom stereocenters. The molecule has 0 aromatic heterocycles. The summed E-state index contributed by atoms with van der Waals surface area (Å²) in [6.07, 6.45) is 3.39. The summed E-state index contributed by atoms with van der Waals surface area (Å²) in [7, 11) is -3.61. The van der Waals surface area contributed by atoms with Gasteiger partial charge in [-0.3, -0.25) is 4.79 Å². The van der Waals surface area contributed by atoms with Crippen LogP contribution in [0.25, 0.3) is 0 Å². The van der Waals surface area contributed by atoms with Crippen LogP contribution in [0.5, 0.6) is 0 Å². The number of rotatable bonds is 4. The van der Waals surface area contributed by atoms with Crippen molar-refractivity contribution < 1.29 is 13.2 Å². The van der Waals surface area contributed by atoms with Crippen LogP contribution in [0.1, 0.15) is 43.0 Å². The molecule has 1 aromatic rings. The van der Waals surface area contributed by atoms with Crippen LogP contribution in [0.15, 0.2) is 22.7 Å². The first-order valence-electron chi connectivity index (χ1n) is 7.44. The zero-order chi connectivity index (χ0) is 16.0. The maximum atomic E-state index is 12.5. The fourth-order valence-corrected chi connectivity index (χ4v) is 4.25. The molecule has 1 N–H and O–H groups in total. The number of nitrogens with one attached hydrogen (secondary N) is 1. The first-order valence-corrected chi connectivity index (χ1v) is 9.71. The number of hydrogen-bond donors (Lipinski definition) is 1. The molecule has 2 fully saturated rings. The molecule has 1 aliphatic heterocycles. The Morgan fingerprint density at radius 2 is 1.91 bits per heavy atom. The lowest BCUT2D eigenvalue weighted by Crippen LogP contribution is -2.39. The van der Waals surface area contributed by atoms with Gasteiger partial charge in [0.25, 0.3) is 5.91 Å². The van der Waals surface area contributed by atoms with Crippen LogP contribution in [-0.4, -0.2) is 32.2 Å². The Bertz CT molecular complexity index is 707. The molecule has 5 nitrogen and oxygen atoms in total. The van der Waals surface area contributed by atoms with Gasteiger partial charge in [0.15, 0.2) is 0 Å². The topological polar surface area (TPSA) is 66.5 Å². The second kappa shape index (κ2) is 5.53. The lowest BCUT2D eigenvalue weighted by molar-refractivity contribution is 0.0981. The molecule has 1 saturated heterocycles. The second-order valence-electron chi connectivity index (χ2n) is 6.24. The van der Waals surface area contributed by atoms with E-state index in [0.29, 0.717) is 18.4 Å². The molecule has 1 aliphatic carbocycles. The summed E-state index contributed by atoms with van der Waals surface area (Å²) in [6.45, 7) is 3.45. The Morgan fingerprint density at radius 3 is 2.50 bits per heavy atom. The first-order chi connectivity index (χ1) is 10.3. The third-order valence-electron chi connectivity index (χ3n) is 4.48. The molecule has 120 valence electrons. The summed E-state index contributed by atoms with van der Waals surface area (Å²) < 4.78 is 26.8. The molecule has 1 aromatic carbocycles. The van der Waals surface area contributed by atoms with Crippen LogP contribution in [0, 0.1) is 0 Å². The van der Waals surface area contributed by atoms with E-state index >= 15 is 0 Å². The maximum absolute atomic E-state index is 12.5. The van der Waals surface area contributed by atoms with Gasteiger partial charge < -0.3 is 4.90 Å². The smallest absolute Gasteiger partial charge is 0.266 e. The van der Waals surface area contributed by atoms with Gasteiger partial charge in [0.2, 0.25) is 10.0 Å². The molecule has 0 atom stereocenters. The molecular weight excluding hydrogens is 368 g/mol. The number of amides is 1. The van der Waals surface area contributed by atoms with Crippen molar-refractivity contribution in [2.24, 2.45) is 0 Å². The number of nitrogens with zero attached hydrogens (tertiary/aromatic N) is 1. The summed E-state index contributed by atoms with van der Waals surface area (Å²) in [6, 6.07) is 5.32. The van der Waals surface area contributed by atoms with Crippen LogP contribution in [0.3, 0.4) is 0 Å². The van der Waals surface area contributed by atoms with Gasteiger partial charge in [0.05, 0.1) is 16.0 Å². The second-order valence-corrected chi connectivity index (χ2v) is 9.35. The van der Waals surface area contributed by atoms with E-state index in [1.54, 1.807) is 19.1 Å². The van der Waals surface area contributed by atoms with Gasteiger partial charge in [-0.1, -0.05) is 15.9 Å². The van der Waals surface area contributed by atoms with Crippen LogP contribution < -0.4 is 9.62 Å². The van der Waals surface area contributed by atoms with Crippen molar-refractivity contribution in [3.8, 4) is 0 Å². The summed E-state index contributed by atoms with van der Waals surface area (Å²) in [5.74, 6) is -0.539. The lowest BCUT2D eigenvalue weighted by Gasteiger charge is -2.22. The van der Waals surface area contributed by atoms with Gasteiger partial charge in [0.1, 0.15) is 0 Å². The van der Waals surface area contributed by atoms with E-state index in [0.717, 1.165) is 36.1 Å². The molecule has 0 spiro atoms. The highest BCUT2D eigenvalue weighted by Crippen LogP contribution is 2.42. The standard InChI is InChI=1S/C15H19BrN2O3S/c1-15(6-7-15)22(20,21)17-14(19)12-5-4-11(16)10-13(12)18-8-2-3-9-18/h4-5,10H,2-3,6-9H2,1H3,(H,17,19). The van der Waals surface area contributed by atoms with E-state index in [1.807, 2.05) is 6.07 Å². The number of sulfonamides is 1. The summed E-state index contributed by atoms with van der Waals surface area (Å²) in [5.41, 5.74) is 1.21. The fourth-order valence-electron chi connectivity index (χ4n) is 2.66. The normalized spacial score (nSPS) is 20.0. The number of hydrogen-bond acceptors (Lipinski definition) is 4. The number of carbonyl (C=O) groups is 1. The fraction of sp³-hybridized carbons (Fsp3) is 0.533. The Hall–Kier alpha value is -1.08. The number of benzene rings is 1. The summed E-state index contributed by atoms with van der Waals surface area (Å²) in [5, 5.41) is 0. The summed E-state index contributed by atoms with van der Waals surface area (Å²) in [4.78, 5) is 14.6. The third-order valence-corrected chi connectivity index (χ3v) is 7.13. The van der Waals surface area contributed by atoms with Crippen LogP contribution in [0.4, 0.5) is 5.69 Å². The van der Waals surface area contributed by atoms with Crippen molar-refractivity contribution in [2.75, 3.05) is 18.0 Å². The molecule has 1 saturated carbocycles. The van der Waals surface area contributed by atoms with E-state index in [2.05, 4.69) is 25.6 Å². The van der Waals surface area contributed by atoms with Gasteiger partial charge in [-0.05, 0) is 50.8 Å². The van der Waals surface area contributed by atoms with Crippen LogP contribution in [-0.2, 0) is 10.0 Å². The highest BCUT2D eigenvalue weighted by molar-refractivity contribution is 9.10. The number of anilines is 1. The predicted molar refractivity (Wildman–Crippen MR) is 89.6 cm³/mol. The average Bonchev–Trinajstić information content (AvgIpc) is 3.02. The molecular formula is C15H19BrN2O3S. The molecule has 0 bridgehead atoms. The molecule has 0 radical (unpaired) electrons. The minimum atomic E-state index is -3.61. The Morgan fingerprint density at radius 1 is 1.27 bits per heavy atom. The Kier molecular flexibility index (Phi) is 3.97. The van der Waals surface area contributed by atoms with Crippen molar-refractivity contribution in [3.63, 3.8) is 0 Å². The van der Waals surface area contributed by atoms with Gasteiger partial charge in [-0.2, -0.15) is 0 Å². The highest BCUT2D eigenvalue weighted by Gasteiger charge is 2.51. The van der Waals surface area contributed by atoms with Crippen molar-refractivity contribution in [1.82, 2.24) is 4.72 Å². The lowest BCUT2D eigenvalue weighted by atomic mass is 10.1. The van der Waals surface area contributed by atoms with E-state index in [-0.39, 0.29) is 0 Å². The zero-order valence-corrected chi connectivity index (χ0v) is 14.8. The van der Waals surface area contributed by atoms with Crippen LogP contribution >= 0.6 is 15.9 Å². The molecule has 1 heterocycles. The SMILES string of the molecule is CC1(S(=O)(=O)NC(=O)c2ccc(Br)cc2N2CCCC2)CC1. The maximum Gasteiger partial charge on any atom is 0.266 e. The molecule has 1 amide bonds. The minimum Gasteiger partial charge on any atom is -0.371 e. The van der Waals surface area contributed by atoms with Crippen molar-refractivity contribution in [1.29, 1.82) is 0 Å². The first kappa shape index (κ1) is 15.8. The van der Waals surface area contributed by atoms with Crippen LogP contribution in [0.2, 0.25) is 0 Å². The third kappa shape index (κ3) is 2.88. The van der Waals surface area contributed by atoms with E-state index in [9.17, 15) is 13.2 Å². The van der Waals surface area contributed by atoms with Crippen molar-refractivity contribution >= 4 is 37.5 Å². The number of halogens is 1. The van der Waals surface area contributed by atoms with E-state index in [4.69, 9.17) is 0 Å². The Labute approximate surface area is 139 Å². The van der Waals surface area contributed by atoms with Gasteiger partial charge >= 0.3 is 0 Å². The van der Waals surface area contributed by atoms with Gasteiger partial charge in [0, 0.05) is 17.6 Å². The highest BCUT2D eigenvalue weighted by atomic mass is 79.9. The Balaban J connectivity index is 1.89. The quantitative estimate of drug-likeness (QED) is 0.863. The molecule has 7 heteroatoms. The van der Waals surface area contributed by atoms with E-state index < -0.39 is 20.7 Å². The largest absolute Gasteiger partial charge is 0.371 e. The molecule has 2 aliphatic rings.